The second kappa shape index (κ2) is 7.07. The van der Waals surface area contributed by atoms with Crippen molar-refractivity contribution in [3.63, 3.8) is 0 Å². The summed E-state index contributed by atoms with van der Waals surface area (Å²) in [5, 5.41) is 10.8. The summed E-state index contributed by atoms with van der Waals surface area (Å²) < 4.78 is 5.34. The molecule has 1 unspecified atom stereocenters. The highest BCUT2D eigenvalue weighted by molar-refractivity contribution is 6.03. The third kappa shape index (κ3) is 3.85. The van der Waals surface area contributed by atoms with E-state index in [0.29, 0.717) is 18.4 Å². The molecule has 0 aliphatic carbocycles. The maximum absolute atomic E-state index is 11.5. The lowest BCUT2D eigenvalue weighted by atomic mass is 10.00. The molecule has 2 aromatic carbocycles. The SMILES string of the molecule is CCCC(=O)OC(C)Cc1ccc2c(C(=O)O)cccc2c1. The molecule has 4 nitrogen and oxygen atoms in total. The number of hydrogen-bond donors (Lipinski definition) is 1. The molecule has 2 rings (SSSR count). The minimum Gasteiger partial charge on any atom is -0.478 e. The van der Waals surface area contributed by atoms with E-state index in [1.54, 1.807) is 12.1 Å². The van der Waals surface area contributed by atoms with Crippen molar-refractivity contribution >= 4 is 22.7 Å². The van der Waals surface area contributed by atoms with Gasteiger partial charge in [0.1, 0.15) is 6.10 Å². The van der Waals surface area contributed by atoms with E-state index in [9.17, 15) is 14.7 Å². The first-order valence-electron chi connectivity index (χ1n) is 7.45. The maximum Gasteiger partial charge on any atom is 0.336 e. The number of carbonyl (C=O) groups excluding carboxylic acids is 1. The summed E-state index contributed by atoms with van der Waals surface area (Å²) in [4.78, 5) is 22.7. The third-order valence-electron chi connectivity index (χ3n) is 3.49. The molecule has 0 radical (unpaired) electrons. The Bertz CT molecular complexity index is 691. The average molecular weight is 300 g/mol. The molecule has 116 valence electrons. The number of carbonyl (C=O) groups is 2. The van der Waals surface area contributed by atoms with Gasteiger partial charge in [-0.3, -0.25) is 4.79 Å². The van der Waals surface area contributed by atoms with Crippen molar-refractivity contribution in [2.45, 2.75) is 39.2 Å². The van der Waals surface area contributed by atoms with Crippen LogP contribution >= 0.6 is 0 Å². The van der Waals surface area contributed by atoms with Gasteiger partial charge in [0.2, 0.25) is 0 Å². The molecule has 0 aliphatic rings. The first kappa shape index (κ1) is 16.0. The molecule has 4 heteroatoms. The van der Waals surface area contributed by atoms with Crippen LogP contribution in [0.1, 0.15) is 42.6 Å². The van der Waals surface area contributed by atoms with Gasteiger partial charge in [0.25, 0.3) is 0 Å². The molecule has 0 saturated carbocycles. The highest BCUT2D eigenvalue weighted by atomic mass is 16.5. The normalized spacial score (nSPS) is 12.1. The highest BCUT2D eigenvalue weighted by Gasteiger charge is 2.12. The summed E-state index contributed by atoms with van der Waals surface area (Å²) in [5.74, 6) is -1.11. The van der Waals surface area contributed by atoms with E-state index in [4.69, 9.17) is 4.74 Å². The van der Waals surface area contributed by atoms with Crippen LogP contribution in [0.4, 0.5) is 0 Å². The monoisotopic (exact) mass is 300 g/mol. The lowest BCUT2D eigenvalue weighted by molar-refractivity contribution is -0.148. The van der Waals surface area contributed by atoms with Crippen LogP contribution in [0.15, 0.2) is 36.4 Å². The minimum atomic E-state index is -0.930. The highest BCUT2D eigenvalue weighted by Crippen LogP contribution is 2.21. The third-order valence-corrected chi connectivity index (χ3v) is 3.49. The Hall–Kier alpha value is -2.36. The van der Waals surface area contributed by atoms with Gasteiger partial charge in [0.05, 0.1) is 5.56 Å². The molecule has 0 heterocycles. The van der Waals surface area contributed by atoms with Crippen molar-refractivity contribution < 1.29 is 19.4 Å². The molecule has 0 fully saturated rings. The van der Waals surface area contributed by atoms with Crippen LogP contribution in [-0.2, 0) is 16.0 Å². The number of ether oxygens (including phenoxy) is 1. The lowest BCUT2D eigenvalue weighted by Gasteiger charge is -2.14. The number of esters is 1. The van der Waals surface area contributed by atoms with Crippen molar-refractivity contribution in [3.05, 3.63) is 47.5 Å². The number of aromatic carboxylic acids is 1. The van der Waals surface area contributed by atoms with Gasteiger partial charge in [-0.2, -0.15) is 0 Å². The van der Waals surface area contributed by atoms with Gasteiger partial charge in [0, 0.05) is 12.8 Å². The van der Waals surface area contributed by atoms with E-state index in [-0.39, 0.29) is 12.1 Å². The van der Waals surface area contributed by atoms with Crippen LogP contribution in [0.3, 0.4) is 0 Å². The molecular formula is C18H20O4. The van der Waals surface area contributed by atoms with Crippen LogP contribution in [0.25, 0.3) is 10.8 Å². The molecular weight excluding hydrogens is 280 g/mol. The van der Waals surface area contributed by atoms with Crippen molar-refractivity contribution in [1.29, 1.82) is 0 Å². The van der Waals surface area contributed by atoms with Crippen LogP contribution in [-0.4, -0.2) is 23.1 Å². The predicted octanol–water partition coefficient (Wildman–Crippen LogP) is 3.81. The van der Waals surface area contributed by atoms with Crippen molar-refractivity contribution in [2.75, 3.05) is 0 Å². The minimum absolute atomic E-state index is 0.177. The average Bonchev–Trinajstić information content (AvgIpc) is 2.46. The Balaban J connectivity index is 2.16. The number of hydrogen-bond acceptors (Lipinski definition) is 3. The van der Waals surface area contributed by atoms with Gasteiger partial charge in [0.15, 0.2) is 0 Å². The molecule has 0 bridgehead atoms. The molecule has 0 amide bonds. The van der Waals surface area contributed by atoms with E-state index in [1.165, 1.54) is 0 Å². The summed E-state index contributed by atoms with van der Waals surface area (Å²) in [6.45, 7) is 3.81. The van der Waals surface area contributed by atoms with Gasteiger partial charge < -0.3 is 9.84 Å². The zero-order valence-electron chi connectivity index (χ0n) is 12.8. The molecule has 0 spiro atoms. The van der Waals surface area contributed by atoms with E-state index in [0.717, 1.165) is 22.8 Å². The van der Waals surface area contributed by atoms with Crippen LogP contribution in [0.5, 0.6) is 0 Å². The number of benzene rings is 2. The Morgan fingerprint density at radius 1 is 1.23 bits per heavy atom. The van der Waals surface area contributed by atoms with Gasteiger partial charge >= 0.3 is 11.9 Å². The Labute approximate surface area is 129 Å². The summed E-state index contributed by atoms with van der Waals surface area (Å²) >= 11 is 0. The van der Waals surface area contributed by atoms with E-state index in [2.05, 4.69) is 0 Å². The van der Waals surface area contributed by atoms with Crippen LogP contribution in [0, 0.1) is 0 Å². The zero-order valence-corrected chi connectivity index (χ0v) is 12.8. The Morgan fingerprint density at radius 2 is 2.00 bits per heavy atom. The summed E-state index contributed by atoms with van der Waals surface area (Å²) in [6, 6.07) is 10.9. The summed E-state index contributed by atoms with van der Waals surface area (Å²) in [6.07, 6.45) is 1.63. The zero-order chi connectivity index (χ0) is 16.1. The predicted molar refractivity (Wildman–Crippen MR) is 85.1 cm³/mol. The Morgan fingerprint density at radius 3 is 2.68 bits per heavy atom. The Kier molecular flexibility index (Phi) is 5.15. The fraction of sp³-hybridized carbons (Fsp3) is 0.333. The summed E-state index contributed by atoms with van der Waals surface area (Å²) in [7, 11) is 0. The molecule has 2 aromatic rings. The van der Waals surface area contributed by atoms with Crippen LogP contribution < -0.4 is 0 Å². The number of carboxylic acids is 1. The van der Waals surface area contributed by atoms with E-state index in [1.807, 2.05) is 38.1 Å². The van der Waals surface area contributed by atoms with Crippen molar-refractivity contribution in [2.24, 2.45) is 0 Å². The molecule has 0 aromatic heterocycles. The second-order valence-corrected chi connectivity index (χ2v) is 5.42. The quantitative estimate of drug-likeness (QED) is 0.824. The molecule has 1 atom stereocenters. The summed E-state index contributed by atoms with van der Waals surface area (Å²) in [5.41, 5.74) is 1.32. The number of rotatable bonds is 6. The number of fused-ring (bicyclic) bond motifs is 1. The lowest BCUT2D eigenvalue weighted by Crippen LogP contribution is -2.17. The number of carboxylic acid groups (broad SMARTS) is 1. The van der Waals surface area contributed by atoms with E-state index >= 15 is 0 Å². The first-order valence-corrected chi connectivity index (χ1v) is 7.45. The molecule has 0 aliphatic heterocycles. The topological polar surface area (TPSA) is 63.6 Å². The van der Waals surface area contributed by atoms with Crippen molar-refractivity contribution in [3.8, 4) is 0 Å². The van der Waals surface area contributed by atoms with Gasteiger partial charge in [-0.25, -0.2) is 4.79 Å². The largest absolute Gasteiger partial charge is 0.478 e. The van der Waals surface area contributed by atoms with Gasteiger partial charge in [-0.1, -0.05) is 37.3 Å². The first-order chi connectivity index (χ1) is 10.5. The molecule has 22 heavy (non-hydrogen) atoms. The smallest absolute Gasteiger partial charge is 0.336 e. The van der Waals surface area contributed by atoms with E-state index < -0.39 is 5.97 Å². The standard InChI is InChI=1S/C18H20O4/c1-3-5-17(19)22-12(2)10-13-8-9-15-14(11-13)6-4-7-16(15)18(20)21/h4,6-9,11-12H,3,5,10H2,1-2H3,(H,20,21). The molecule has 1 N–H and O–H groups in total. The fourth-order valence-electron chi connectivity index (χ4n) is 2.51. The van der Waals surface area contributed by atoms with Crippen molar-refractivity contribution in [1.82, 2.24) is 0 Å². The van der Waals surface area contributed by atoms with Crippen LogP contribution in [0.2, 0.25) is 0 Å². The van der Waals surface area contributed by atoms with Gasteiger partial charge in [-0.05, 0) is 35.7 Å². The van der Waals surface area contributed by atoms with Gasteiger partial charge in [-0.15, -0.1) is 0 Å². The second-order valence-electron chi connectivity index (χ2n) is 5.42. The fourth-order valence-corrected chi connectivity index (χ4v) is 2.51. The maximum atomic E-state index is 11.5. The molecule has 0 saturated heterocycles.